The zero-order chi connectivity index (χ0) is 30.2. The molecule has 0 unspecified atom stereocenters. The Kier molecular flexibility index (Phi) is 21.7. The first-order valence-corrected chi connectivity index (χ1v) is 16.9. The first-order chi connectivity index (χ1) is 19.8. The van der Waals surface area contributed by atoms with Crippen molar-refractivity contribution in [1.29, 1.82) is 5.26 Å². The predicted octanol–water partition coefficient (Wildman–Crippen LogP) is 7.85. The van der Waals surface area contributed by atoms with Gasteiger partial charge in [0, 0.05) is 6.61 Å². The number of rotatable bonds is 27. The lowest BCUT2D eigenvalue weighted by molar-refractivity contribution is -0.0493. The lowest BCUT2D eigenvalue weighted by Crippen LogP contribution is -2.25. The predicted molar refractivity (Wildman–Crippen MR) is 161 cm³/mol. The van der Waals surface area contributed by atoms with E-state index in [1.807, 2.05) is 0 Å². The molecule has 0 heterocycles. The second-order valence-corrected chi connectivity index (χ2v) is 11.8. The Labute approximate surface area is 248 Å². The highest BCUT2D eigenvalue weighted by Gasteiger charge is 2.20. The topological polar surface area (TPSA) is 127 Å². The Bertz CT molecular complexity index is 860. The molecule has 1 aromatic rings. The first-order valence-electron chi connectivity index (χ1n) is 15.4. The molecule has 9 nitrogen and oxygen atoms in total. The van der Waals surface area contributed by atoms with Crippen LogP contribution in [0.5, 0.6) is 11.5 Å². The van der Waals surface area contributed by atoms with Crippen molar-refractivity contribution < 1.29 is 37.8 Å². The highest BCUT2D eigenvalue weighted by molar-refractivity contribution is 7.46. The van der Waals surface area contributed by atoms with Crippen LogP contribution in [-0.2, 0) is 25.2 Å². The molecule has 41 heavy (non-hydrogen) atoms. The molecule has 0 aliphatic rings. The van der Waals surface area contributed by atoms with Gasteiger partial charge in [0.05, 0.1) is 34.0 Å². The normalized spacial score (nSPS) is 12.3. The van der Waals surface area contributed by atoms with Crippen molar-refractivity contribution in [3.05, 3.63) is 23.3 Å². The van der Waals surface area contributed by atoms with Crippen molar-refractivity contribution in [2.24, 2.45) is 0 Å². The Hall–Kier alpha value is -1.66. The fraction of sp³-hybridized carbons (Fsp3) is 0.774. The minimum absolute atomic E-state index is 0.0933. The van der Waals surface area contributed by atoms with Crippen LogP contribution in [0.4, 0.5) is 0 Å². The van der Waals surface area contributed by atoms with E-state index >= 15 is 0 Å². The molecule has 1 aromatic carbocycles. The van der Waals surface area contributed by atoms with Crippen LogP contribution in [0.1, 0.15) is 121 Å². The molecule has 10 heteroatoms. The summed E-state index contributed by atoms with van der Waals surface area (Å²) < 4.78 is 38.0. The van der Waals surface area contributed by atoms with Crippen LogP contribution >= 0.6 is 7.82 Å². The molecule has 0 aliphatic heterocycles. The van der Waals surface area contributed by atoms with E-state index in [-0.39, 0.29) is 25.4 Å². The van der Waals surface area contributed by atoms with E-state index in [0.29, 0.717) is 23.7 Å². The van der Waals surface area contributed by atoms with Gasteiger partial charge in [-0.1, -0.05) is 103 Å². The van der Waals surface area contributed by atoms with Crippen molar-refractivity contribution in [2.75, 3.05) is 34.0 Å². The molecular weight excluding hydrogens is 545 g/mol. The molecule has 0 aliphatic carbocycles. The summed E-state index contributed by atoms with van der Waals surface area (Å²) in [4.78, 5) is 18.2. The SMILES string of the molecule is CCCCCCCCCCCCCCCCCCOC[C@H](COP(=O)(O)O)OCc1cc(OC)c(C#N)c(OC)c1. The number of nitrogens with zero attached hydrogens (tertiary/aromatic N) is 1. The van der Waals surface area contributed by atoms with Crippen molar-refractivity contribution >= 4 is 7.82 Å². The molecule has 1 rings (SSSR count). The Morgan fingerprint density at radius 1 is 0.780 bits per heavy atom. The van der Waals surface area contributed by atoms with Crippen LogP contribution in [0.3, 0.4) is 0 Å². The molecule has 0 bridgehead atoms. The molecule has 0 spiro atoms. The fourth-order valence-electron chi connectivity index (χ4n) is 4.67. The van der Waals surface area contributed by atoms with Gasteiger partial charge in [-0.05, 0) is 24.1 Å². The summed E-state index contributed by atoms with van der Waals surface area (Å²) in [5.74, 6) is 0.710. The van der Waals surface area contributed by atoms with Gasteiger partial charge in [0.15, 0.2) is 0 Å². The number of ether oxygens (including phenoxy) is 4. The van der Waals surface area contributed by atoms with Crippen molar-refractivity contribution in [3.8, 4) is 17.6 Å². The number of benzene rings is 1. The van der Waals surface area contributed by atoms with E-state index in [0.717, 1.165) is 12.8 Å². The Morgan fingerprint density at radius 2 is 1.24 bits per heavy atom. The van der Waals surface area contributed by atoms with Gasteiger partial charge in [0.25, 0.3) is 0 Å². The summed E-state index contributed by atoms with van der Waals surface area (Å²) in [6, 6.07) is 5.39. The van der Waals surface area contributed by atoms with E-state index in [9.17, 15) is 9.83 Å². The van der Waals surface area contributed by atoms with Crippen LogP contribution in [-0.4, -0.2) is 49.9 Å². The van der Waals surface area contributed by atoms with E-state index in [1.165, 1.54) is 104 Å². The summed E-state index contributed by atoms with van der Waals surface area (Å²) in [7, 11) is -1.72. The second kappa shape index (κ2) is 23.9. The maximum atomic E-state index is 11.2. The summed E-state index contributed by atoms with van der Waals surface area (Å²) >= 11 is 0. The smallest absolute Gasteiger partial charge is 0.469 e. The van der Waals surface area contributed by atoms with Gasteiger partial charge in [-0.2, -0.15) is 5.26 Å². The first kappa shape index (κ1) is 37.4. The van der Waals surface area contributed by atoms with Crippen molar-refractivity contribution in [1.82, 2.24) is 0 Å². The number of unbranched alkanes of at least 4 members (excludes halogenated alkanes) is 15. The van der Waals surface area contributed by atoms with E-state index in [2.05, 4.69) is 17.5 Å². The third-order valence-electron chi connectivity index (χ3n) is 7.04. The Balaban J connectivity index is 2.22. The molecular formula is C31H54NO8P. The van der Waals surface area contributed by atoms with E-state index < -0.39 is 13.9 Å². The zero-order valence-corrected chi connectivity index (χ0v) is 26.5. The van der Waals surface area contributed by atoms with Crippen LogP contribution in [0.2, 0.25) is 0 Å². The van der Waals surface area contributed by atoms with Gasteiger partial charge in [0.1, 0.15) is 29.2 Å². The van der Waals surface area contributed by atoms with E-state index in [1.54, 1.807) is 12.1 Å². The number of hydrogen-bond acceptors (Lipinski definition) is 7. The van der Waals surface area contributed by atoms with Crippen LogP contribution < -0.4 is 9.47 Å². The van der Waals surface area contributed by atoms with Gasteiger partial charge in [-0.15, -0.1) is 0 Å². The molecule has 2 N–H and O–H groups in total. The summed E-state index contributed by atoms with van der Waals surface area (Å²) in [6.07, 6.45) is 20.2. The number of methoxy groups -OCH3 is 2. The summed E-state index contributed by atoms with van der Waals surface area (Å²) in [5, 5.41) is 9.35. The fourth-order valence-corrected chi connectivity index (χ4v) is 5.03. The van der Waals surface area contributed by atoms with Gasteiger partial charge in [-0.3, -0.25) is 4.52 Å². The molecule has 0 aromatic heterocycles. The highest BCUT2D eigenvalue weighted by Crippen LogP contribution is 2.36. The summed E-state index contributed by atoms with van der Waals surface area (Å²) in [6.45, 7) is 2.74. The highest BCUT2D eigenvalue weighted by atomic mass is 31.2. The van der Waals surface area contributed by atoms with Gasteiger partial charge < -0.3 is 28.7 Å². The minimum Gasteiger partial charge on any atom is -0.495 e. The lowest BCUT2D eigenvalue weighted by Gasteiger charge is -2.19. The number of hydrogen-bond donors (Lipinski definition) is 2. The number of phosphoric ester groups is 1. The molecule has 0 radical (unpaired) electrons. The average molecular weight is 600 g/mol. The molecule has 0 saturated carbocycles. The van der Waals surface area contributed by atoms with Gasteiger partial charge in [-0.25, -0.2) is 4.57 Å². The third-order valence-corrected chi connectivity index (χ3v) is 7.52. The maximum Gasteiger partial charge on any atom is 0.469 e. The van der Waals surface area contributed by atoms with Crippen LogP contribution in [0.15, 0.2) is 12.1 Å². The molecule has 0 fully saturated rings. The monoisotopic (exact) mass is 599 g/mol. The Morgan fingerprint density at radius 3 is 1.66 bits per heavy atom. The maximum absolute atomic E-state index is 11.2. The van der Waals surface area contributed by atoms with Crippen LogP contribution in [0.25, 0.3) is 0 Å². The molecule has 0 saturated heterocycles. The second-order valence-electron chi connectivity index (χ2n) is 10.6. The van der Waals surface area contributed by atoms with Crippen molar-refractivity contribution in [3.63, 3.8) is 0 Å². The molecule has 1 atom stereocenters. The van der Waals surface area contributed by atoms with Gasteiger partial charge >= 0.3 is 7.82 Å². The molecule has 236 valence electrons. The van der Waals surface area contributed by atoms with Gasteiger partial charge in [0.2, 0.25) is 0 Å². The average Bonchev–Trinajstić information content (AvgIpc) is 2.96. The zero-order valence-electron chi connectivity index (χ0n) is 25.6. The minimum atomic E-state index is -4.64. The standard InChI is InChI=1S/C31H54NO8P/c1-4-5-6-7-8-9-10-11-12-13-14-15-16-17-18-19-20-38-25-28(26-40-41(33,34)35)39-24-27-21-30(36-2)29(23-32)31(22-27)37-3/h21-22,28H,4-20,24-26H2,1-3H3,(H2,33,34,35)/t28-/m1/s1. The lowest BCUT2D eigenvalue weighted by atomic mass is 10.0. The van der Waals surface area contributed by atoms with Crippen molar-refractivity contribution in [2.45, 2.75) is 122 Å². The molecule has 0 amide bonds. The van der Waals surface area contributed by atoms with Crippen LogP contribution in [0, 0.1) is 11.3 Å². The number of nitriles is 1. The number of phosphoric acid groups is 1. The third kappa shape index (κ3) is 19.2. The quantitative estimate of drug-likeness (QED) is 0.0767. The summed E-state index contributed by atoms with van der Waals surface area (Å²) in [5.41, 5.74) is 0.957. The van der Waals surface area contributed by atoms with E-state index in [4.69, 9.17) is 28.7 Å². The largest absolute Gasteiger partial charge is 0.495 e.